The molecular formula is C23H9F39. The van der Waals surface area contributed by atoms with Gasteiger partial charge in [-0.25, -0.2) is 0 Å². The first kappa shape index (κ1) is 59.3. The van der Waals surface area contributed by atoms with Gasteiger partial charge in [0.05, 0.1) is 0 Å². The van der Waals surface area contributed by atoms with Crippen LogP contribution in [0.25, 0.3) is 0 Å². The van der Waals surface area contributed by atoms with Gasteiger partial charge in [-0.1, -0.05) is 13.8 Å². The Morgan fingerprint density at radius 2 is 0.306 bits per heavy atom. The molecule has 0 saturated carbocycles. The van der Waals surface area contributed by atoms with Crippen LogP contribution in [-0.4, -0.2) is 113 Å². The summed E-state index contributed by atoms with van der Waals surface area (Å²) in [5.74, 6) is -178. The highest BCUT2D eigenvalue weighted by molar-refractivity contribution is 5.23. The molecule has 0 aromatic heterocycles. The number of alkyl halides is 39. The van der Waals surface area contributed by atoms with Gasteiger partial charge in [-0.05, 0) is 5.92 Å². The molecule has 0 aromatic rings. The second-order valence-electron chi connectivity index (χ2n) is 12.6. The fraction of sp³-hybridized carbons (Fsp3) is 1.00. The highest BCUT2D eigenvalue weighted by Crippen LogP contribution is 2.71. The van der Waals surface area contributed by atoms with Gasteiger partial charge in [0.25, 0.3) is 0 Å². The van der Waals surface area contributed by atoms with Crippen LogP contribution in [0, 0.1) is 5.92 Å². The summed E-state index contributed by atoms with van der Waals surface area (Å²) in [6.07, 6.45) is -11.5. The third kappa shape index (κ3) is 6.72. The first-order valence-electron chi connectivity index (χ1n) is 13.8. The van der Waals surface area contributed by atoms with Crippen molar-refractivity contribution in [2.24, 2.45) is 5.92 Å². The van der Waals surface area contributed by atoms with E-state index < -0.39 is 125 Å². The highest BCUT2D eigenvalue weighted by Gasteiger charge is 3.03. The standard InChI is InChI=1S/C23H9F39/c1-4(2)3-5(24,25)6(26,27)7(28,29)8(30,31)9(32,33)10(34,35)11(36,37)12(38,39)13(40,41)14(42,43)15(44,45)16(46,47)17(48,49)18(50,51)19(52,53)20(54,55)21(56,57)22(58,59)23(60,61)62/h4H,3H2,1-2H3. The zero-order valence-corrected chi connectivity index (χ0v) is 27.5. The molecule has 0 aromatic carbocycles. The summed E-state index contributed by atoms with van der Waals surface area (Å²) in [6.45, 7) is 0.490. The van der Waals surface area contributed by atoms with Crippen molar-refractivity contribution >= 4 is 0 Å². The van der Waals surface area contributed by atoms with Crippen LogP contribution in [0.4, 0.5) is 171 Å². The molecule has 62 heavy (non-hydrogen) atoms. The molecular weight excluding hydrogens is 1020 g/mol. The second-order valence-corrected chi connectivity index (χ2v) is 12.6. The predicted molar refractivity (Wildman–Crippen MR) is 115 cm³/mol. The van der Waals surface area contributed by atoms with E-state index >= 15 is 0 Å². The summed E-state index contributed by atoms with van der Waals surface area (Å²) in [5.41, 5.74) is 0. The van der Waals surface area contributed by atoms with Crippen molar-refractivity contribution in [2.45, 2.75) is 133 Å². The molecule has 0 bridgehead atoms. The van der Waals surface area contributed by atoms with Crippen LogP contribution in [0.15, 0.2) is 0 Å². The summed E-state index contributed by atoms with van der Waals surface area (Å²) in [4.78, 5) is 0. The first-order chi connectivity index (χ1) is 25.9. The van der Waals surface area contributed by atoms with Crippen molar-refractivity contribution in [2.75, 3.05) is 0 Å². The van der Waals surface area contributed by atoms with Crippen LogP contribution in [0.3, 0.4) is 0 Å². The number of halogens is 39. The van der Waals surface area contributed by atoms with Gasteiger partial charge in [0.2, 0.25) is 0 Å². The van der Waals surface area contributed by atoms with E-state index in [1.54, 1.807) is 0 Å². The summed E-state index contributed by atoms with van der Waals surface area (Å²) in [5, 5.41) is 0. The van der Waals surface area contributed by atoms with Gasteiger partial charge in [0.1, 0.15) is 0 Å². The Bertz CT molecular complexity index is 1600. The molecule has 0 unspecified atom stereocenters. The fourth-order valence-corrected chi connectivity index (χ4v) is 4.01. The van der Waals surface area contributed by atoms with Crippen LogP contribution in [0.1, 0.15) is 20.3 Å². The number of hydrogen-bond acceptors (Lipinski definition) is 0. The van der Waals surface area contributed by atoms with Crippen LogP contribution >= 0.6 is 0 Å². The van der Waals surface area contributed by atoms with E-state index in [0.717, 1.165) is 0 Å². The lowest BCUT2D eigenvalue weighted by Gasteiger charge is -2.47. The lowest BCUT2D eigenvalue weighted by molar-refractivity contribution is -0.494. The zero-order chi connectivity index (χ0) is 51.8. The maximum absolute atomic E-state index is 14.0. The molecule has 0 spiro atoms. The molecule has 39 heteroatoms. The number of rotatable bonds is 19. The molecule has 0 fully saturated rings. The molecule has 0 atom stereocenters. The van der Waals surface area contributed by atoms with Crippen LogP contribution in [0.5, 0.6) is 0 Å². The van der Waals surface area contributed by atoms with Crippen molar-refractivity contribution in [1.29, 1.82) is 0 Å². The Morgan fingerprint density at radius 1 is 0.194 bits per heavy atom. The quantitative estimate of drug-likeness (QED) is 0.113. The Kier molecular flexibility index (Phi) is 13.8. The monoisotopic (exact) mass is 1030 g/mol. The zero-order valence-electron chi connectivity index (χ0n) is 27.5. The molecule has 0 saturated heterocycles. The van der Waals surface area contributed by atoms with Crippen LogP contribution < -0.4 is 0 Å². The average molecular weight is 1030 g/mol. The summed E-state index contributed by atoms with van der Waals surface area (Å²) < 4.78 is 532. The van der Waals surface area contributed by atoms with E-state index in [1.807, 2.05) is 0 Å². The lowest BCUT2D eigenvalue weighted by Crippen LogP contribution is -2.80. The Labute approximate surface area is 311 Å². The van der Waals surface area contributed by atoms with Gasteiger partial charge >= 0.3 is 113 Å². The summed E-state index contributed by atoms with van der Waals surface area (Å²) in [7, 11) is 0. The predicted octanol–water partition coefficient (Wildman–Crippen LogP) is 14.0. The van der Waals surface area contributed by atoms with Gasteiger partial charge in [0, 0.05) is 6.42 Å². The van der Waals surface area contributed by atoms with Crippen molar-refractivity contribution in [3.63, 3.8) is 0 Å². The summed E-state index contributed by atoms with van der Waals surface area (Å²) in [6, 6.07) is 0. The highest BCUT2D eigenvalue weighted by atomic mass is 19.4. The molecule has 0 aliphatic heterocycles. The molecule has 0 nitrogen and oxygen atoms in total. The van der Waals surface area contributed by atoms with E-state index in [9.17, 15) is 171 Å². The fourth-order valence-electron chi connectivity index (χ4n) is 4.01. The topological polar surface area (TPSA) is 0 Å². The van der Waals surface area contributed by atoms with Gasteiger partial charge < -0.3 is 0 Å². The SMILES string of the molecule is CC(C)CC(F)(F)C(F)(F)C(F)(F)C(F)(F)C(F)(F)C(F)(F)C(F)(F)C(F)(F)C(F)(F)C(F)(F)C(F)(F)C(F)(F)C(F)(F)C(F)(F)C(F)(F)C(F)(F)C(F)(F)C(F)(F)C(F)(F)F. The van der Waals surface area contributed by atoms with Crippen LogP contribution in [-0.2, 0) is 0 Å². The van der Waals surface area contributed by atoms with E-state index in [4.69, 9.17) is 0 Å². The van der Waals surface area contributed by atoms with E-state index in [0.29, 0.717) is 0 Å². The van der Waals surface area contributed by atoms with Crippen molar-refractivity contribution in [1.82, 2.24) is 0 Å². The van der Waals surface area contributed by atoms with Crippen molar-refractivity contribution < 1.29 is 171 Å². The second kappa shape index (κ2) is 14.4. The Hall–Kier alpha value is -2.73. The maximum Gasteiger partial charge on any atom is 0.460 e. The average Bonchev–Trinajstić information content (AvgIpc) is 3.01. The molecule has 0 rings (SSSR count). The normalized spacial score (nSPS) is 17.3. The molecule has 0 amide bonds. The lowest BCUT2D eigenvalue weighted by atomic mass is 9.81. The summed E-state index contributed by atoms with van der Waals surface area (Å²) >= 11 is 0. The third-order valence-corrected chi connectivity index (χ3v) is 7.79. The van der Waals surface area contributed by atoms with Gasteiger partial charge in [0.15, 0.2) is 0 Å². The largest absolute Gasteiger partial charge is 0.460 e. The minimum absolute atomic E-state index is 0.245. The molecule has 0 N–H and O–H groups in total. The van der Waals surface area contributed by atoms with Crippen molar-refractivity contribution in [3.05, 3.63) is 0 Å². The molecule has 0 aliphatic carbocycles. The van der Waals surface area contributed by atoms with E-state index in [1.165, 1.54) is 0 Å². The van der Waals surface area contributed by atoms with E-state index in [2.05, 4.69) is 0 Å². The molecule has 0 heterocycles. The third-order valence-electron chi connectivity index (χ3n) is 7.79. The van der Waals surface area contributed by atoms with Crippen LogP contribution in [0.2, 0.25) is 0 Å². The Balaban J connectivity index is 7.93. The minimum atomic E-state index is -10.5. The van der Waals surface area contributed by atoms with E-state index in [-0.39, 0.29) is 13.8 Å². The Morgan fingerprint density at radius 3 is 0.419 bits per heavy atom. The molecule has 0 radical (unpaired) electrons. The number of hydrogen-bond donors (Lipinski definition) is 0. The van der Waals surface area contributed by atoms with Gasteiger partial charge in [-0.2, -0.15) is 171 Å². The van der Waals surface area contributed by atoms with Gasteiger partial charge in [-0.15, -0.1) is 0 Å². The van der Waals surface area contributed by atoms with Gasteiger partial charge in [-0.3, -0.25) is 0 Å². The molecule has 0 aliphatic rings. The molecule has 374 valence electrons. The first-order valence-corrected chi connectivity index (χ1v) is 13.8. The van der Waals surface area contributed by atoms with Crippen molar-refractivity contribution in [3.8, 4) is 0 Å². The minimum Gasteiger partial charge on any atom is -0.200 e. The smallest absolute Gasteiger partial charge is 0.200 e. The maximum atomic E-state index is 14.0.